The van der Waals surface area contributed by atoms with Gasteiger partial charge in [-0.05, 0) is 31.4 Å². The largest absolute Gasteiger partial charge is 0.373 e. The highest BCUT2D eigenvalue weighted by molar-refractivity contribution is 5.78. The van der Waals surface area contributed by atoms with Crippen molar-refractivity contribution in [3.63, 3.8) is 0 Å². The number of hydrogen-bond acceptors (Lipinski definition) is 3. The fourth-order valence-electron chi connectivity index (χ4n) is 2.99. The summed E-state index contributed by atoms with van der Waals surface area (Å²) in [6.45, 7) is 1.58. The first-order valence-electron chi connectivity index (χ1n) is 7.84. The molecule has 4 nitrogen and oxygen atoms in total. The zero-order valence-corrected chi connectivity index (χ0v) is 13.2. The molecule has 0 radical (unpaired) electrons. The first-order valence-corrected chi connectivity index (χ1v) is 7.84. The zero-order chi connectivity index (χ0) is 15.2. The van der Waals surface area contributed by atoms with Gasteiger partial charge in [0.2, 0.25) is 5.91 Å². The number of nitrogens with zero attached hydrogens (tertiary/aromatic N) is 2. The third-order valence-corrected chi connectivity index (χ3v) is 4.41. The highest BCUT2D eigenvalue weighted by atomic mass is 16.2. The summed E-state index contributed by atoms with van der Waals surface area (Å²) in [7, 11) is 3.96. The standard InChI is InChI=1S/C17H27N3O/c1-19(16-9-4-3-5-10-16)11-12-20(2)17(21)14-7-6-8-15(18)13-14/h3-5,9-10,14-15H,6-8,11-13,18H2,1-2H3. The van der Waals surface area contributed by atoms with Gasteiger partial charge in [-0.2, -0.15) is 0 Å². The maximum absolute atomic E-state index is 12.4. The van der Waals surface area contributed by atoms with Gasteiger partial charge in [0.15, 0.2) is 0 Å². The van der Waals surface area contributed by atoms with E-state index in [1.165, 1.54) is 5.69 Å². The average Bonchev–Trinajstić information content (AvgIpc) is 2.52. The summed E-state index contributed by atoms with van der Waals surface area (Å²) in [6.07, 6.45) is 3.97. The second-order valence-electron chi connectivity index (χ2n) is 6.14. The van der Waals surface area contributed by atoms with Gasteiger partial charge in [-0.15, -0.1) is 0 Å². The highest BCUT2D eigenvalue weighted by Gasteiger charge is 2.27. The maximum atomic E-state index is 12.4. The lowest BCUT2D eigenvalue weighted by Gasteiger charge is -2.30. The molecule has 0 spiro atoms. The van der Waals surface area contributed by atoms with Gasteiger partial charge >= 0.3 is 0 Å². The predicted molar refractivity (Wildman–Crippen MR) is 87.3 cm³/mol. The summed E-state index contributed by atoms with van der Waals surface area (Å²) >= 11 is 0. The van der Waals surface area contributed by atoms with Gasteiger partial charge in [-0.25, -0.2) is 0 Å². The average molecular weight is 289 g/mol. The molecule has 1 aromatic carbocycles. The molecule has 1 aliphatic carbocycles. The Morgan fingerprint density at radius 3 is 2.57 bits per heavy atom. The first kappa shape index (κ1) is 15.8. The van der Waals surface area contributed by atoms with Crippen molar-refractivity contribution >= 4 is 11.6 Å². The van der Waals surface area contributed by atoms with E-state index in [2.05, 4.69) is 24.1 Å². The quantitative estimate of drug-likeness (QED) is 0.903. The number of nitrogens with two attached hydrogens (primary N) is 1. The van der Waals surface area contributed by atoms with Gasteiger partial charge in [0, 0.05) is 44.8 Å². The summed E-state index contributed by atoms with van der Waals surface area (Å²) in [6, 6.07) is 10.4. The smallest absolute Gasteiger partial charge is 0.225 e. The molecule has 2 N–H and O–H groups in total. The van der Waals surface area contributed by atoms with Gasteiger partial charge in [0.1, 0.15) is 0 Å². The molecule has 21 heavy (non-hydrogen) atoms. The Labute approximate surface area is 127 Å². The molecule has 0 bridgehead atoms. The van der Waals surface area contributed by atoms with Crippen LogP contribution in [0.5, 0.6) is 0 Å². The SMILES string of the molecule is CN(CCN(C)c1ccccc1)C(=O)C1CCCC(N)C1. The summed E-state index contributed by atoms with van der Waals surface area (Å²) < 4.78 is 0. The van der Waals surface area contributed by atoms with E-state index in [-0.39, 0.29) is 17.9 Å². The number of hydrogen-bond donors (Lipinski definition) is 1. The van der Waals surface area contributed by atoms with E-state index < -0.39 is 0 Å². The van der Waals surface area contributed by atoms with Crippen LogP contribution in [0, 0.1) is 5.92 Å². The van der Waals surface area contributed by atoms with Crippen LogP contribution in [-0.2, 0) is 4.79 Å². The van der Waals surface area contributed by atoms with Crippen molar-refractivity contribution < 1.29 is 4.79 Å². The van der Waals surface area contributed by atoms with Crippen LogP contribution in [0.15, 0.2) is 30.3 Å². The highest BCUT2D eigenvalue weighted by Crippen LogP contribution is 2.24. The number of para-hydroxylation sites is 1. The van der Waals surface area contributed by atoms with Crippen LogP contribution in [0.25, 0.3) is 0 Å². The number of benzene rings is 1. The number of amides is 1. The van der Waals surface area contributed by atoms with Crippen LogP contribution >= 0.6 is 0 Å². The summed E-state index contributed by atoms with van der Waals surface area (Å²) in [5, 5.41) is 0. The topological polar surface area (TPSA) is 49.6 Å². The normalized spacial score (nSPS) is 21.9. The fourth-order valence-corrected chi connectivity index (χ4v) is 2.99. The minimum Gasteiger partial charge on any atom is -0.373 e. The lowest BCUT2D eigenvalue weighted by Crippen LogP contribution is -2.41. The molecule has 1 aromatic rings. The van der Waals surface area contributed by atoms with Crippen molar-refractivity contribution in [2.75, 3.05) is 32.1 Å². The Kier molecular flexibility index (Phi) is 5.62. The molecule has 2 rings (SSSR count). The number of rotatable bonds is 5. The molecule has 1 fully saturated rings. The second kappa shape index (κ2) is 7.46. The third-order valence-electron chi connectivity index (χ3n) is 4.41. The van der Waals surface area contributed by atoms with Gasteiger partial charge < -0.3 is 15.5 Å². The minimum atomic E-state index is 0.126. The maximum Gasteiger partial charge on any atom is 0.225 e. The van der Waals surface area contributed by atoms with Crippen LogP contribution in [-0.4, -0.2) is 44.0 Å². The second-order valence-corrected chi connectivity index (χ2v) is 6.14. The molecule has 0 aliphatic heterocycles. The van der Waals surface area contributed by atoms with Crippen molar-refractivity contribution in [1.82, 2.24) is 4.90 Å². The van der Waals surface area contributed by atoms with Crippen LogP contribution in [0.4, 0.5) is 5.69 Å². The zero-order valence-electron chi connectivity index (χ0n) is 13.2. The monoisotopic (exact) mass is 289 g/mol. The van der Waals surface area contributed by atoms with Gasteiger partial charge in [-0.3, -0.25) is 4.79 Å². The van der Waals surface area contributed by atoms with Gasteiger partial charge in [-0.1, -0.05) is 24.6 Å². The minimum absolute atomic E-state index is 0.126. The van der Waals surface area contributed by atoms with E-state index in [1.54, 1.807) is 0 Å². The number of anilines is 1. The van der Waals surface area contributed by atoms with Crippen LogP contribution < -0.4 is 10.6 Å². The molecule has 0 heterocycles. The lowest BCUT2D eigenvalue weighted by molar-refractivity contribution is -0.135. The Morgan fingerprint density at radius 1 is 1.19 bits per heavy atom. The van der Waals surface area contributed by atoms with Crippen LogP contribution in [0.2, 0.25) is 0 Å². The molecule has 116 valence electrons. The molecule has 2 atom stereocenters. The van der Waals surface area contributed by atoms with Crippen LogP contribution in [0.1, 0.15) is 25.7 Å². The van der Waals surface area contributed by atoms with E-state index in [0.717, 1.165) is 38.8 Å². The number of carbonyl (C=O) groups excluding carboxylic acids is 1. The van der Waals surface area contributed by atoms with Crippen molar-refractivity contribution in [2.45, 2.75) is 31.7 Å². The Hall–Kier alpha value is -1.55. The molecule has 0 saturated heterocycles. The van der Waals surface area contributed by atoms with E-state index in [4.69, 9.17) is 5.73 Å². The molecule has 1 amide bonds. The van der Waals surface area contributed by atoms with Crippen molar-refractivity contribution in [3.05, 3.63) is 30.3 Å². The molecule has 0 aromatic heterocycles. The van der Waals surface area contributed by atoms with Gasteiger partial charge in [0.25, 0.3) is 0 Å². The Bertz CT molecular complexity index is 449. The molecule has 2 unspecified atom stereocenters. The van der Waals surface area contributed by atoms with Crippen molar-refractivity contribution in [3.8, 4) is 0 Å². The Morgan fingerprint density at radius 2 is 1.90 bits per heavy atom. The predicted octanol–water partition coefficient (Wildman–Crippen LogP) is 2.10. The van der Waals surface area contributed by atoms with E-state index in [9.17, 15) is 4.79 Å². The van der Waals surface area contributed by atoms with Crippen molar-refractivity contribution in [1.29, 1.82) is 0 Å². The van der Waals surface area contributed by atoms with Crippen molar-refractivity contribution in [2.24, 2.45) is 11.7 Å². The summed E-state index contributed by atoms with van der Waals surface area (Å²) in [5.74, 6) is 0.382. The molecule has 4 heteroatoms. The number of carbonyl (C=O) groups is 1. The van der Waals surface area contributed by atoms with E-state index in [0.29, 0.717) is 0 Å². The molecule has 1 saturated carbocycles. The molecule has 1 aliphatic rings. The van der Waals surface area contributed by atoms with E-state index in [1.807, 2.05) is 30.1 Å². The number of likely N-dealkylation sites (N-methyl/N-ethyl adjacent to an activating group) is 2. The summed E-state index contributed by atoms with van der Waals surface area (Å²) in [5.41, 5.74) is 7.16. The van der Waals surface area contributed by atoms with Crippen LogP contribution in [0.3, 0.4) is 0 Å². The van der Waals surface area contributed by atoms with E-state index >= 15 is 0 Å². The third kappa shape index (κ3) is 4.46. The summed E-state index contributed by atoms with van der Waals surface area (Å²) in [4.78, 5) is 16.5. The lowest BCUT2D eigenvalue weighted by atomic mass is 9.85. The Balaban J connectivity index is 1.81. The van der Waals surface area contributed by atoms with Gasteiger partial charge in [0.05, 0.1) is 0 Å². The molecular weight excluding hydrogens is 262 g/mol. The molecular formula is C17H27N3O. The first-order chi connectivity index (χ1) is 10.1. The fraction of sp³-hybridized carbons (Fsp3) is 0.588.